The lowest BCUT2D eigenvalue weighted by Gasteiger charge is -2.42. The van der Waals surface area contributed by atoms with Crippen LogP contribution in [0.2, 0.25) is 90.7 Å². The summed E-state index contributed by atoms with van der Waals surface area (Å²) in [6, 6.07) is 8.37. The minimum atomic E-state index is -2.48. The lowest BCUT2D eigenvalue weighted by molar-refractivity contribution is -0.155. The minimum absolute atomic E-state index is 0.0325. The number of fused-ring (bicyclic) bond motifs is 1. The Kier molecular flexibility index (Phi) is 21.4. The third-order valence-corrected chi connectivity index (χ3v) is 39.3. The number of carbonyl (C=O) groups excluding carboxylic acids is 1. The van der Waals surface area contributed by atoms with E-state index in [1.807, 2.05) is 0 Å². The molecule has 0 saturated heterocycles. The van der Waals surface area contributed by atoms with Gasteiger partial charge in [-0.2, -0.15) is 0 Å². The summed E-state index contributed by atoms with van der Waals surface area (Å²) in [5.74, 6) is 3.96. The molecule has 0 spiro atoms. The summed E-state index contributed by atoms with van der Waals surface area (Å²) < 4.78 is 50.7. The van der Waals surface area contributed by atoms with Gasteiger partial charge in [0.15, 0.2) is 11.9 Å². The van der Waals surface area contributed by atoms with Crippen molar-refractivity contribution in [2.75, 3.05) is 0 Å². The molecule has 2 aromatic rings. The maximum absolute atomic E-state index is 14.3. The second-order valence-corrected chi connectivity index (χ2v) is 52.7. The van der Waals surface area contributed by atoms with Crippen LogP contribution in [0.1, 0.15) is 205 Å². The topological polar surface area (TPSA) is 81.7 Å². The Balaban J connectivity index is 2.35. The highest BCUT2D eigenvalue weighted by molar-refractivity contribution is 6.77. The van der Waals surface area contributed by atoms with Gasteiger partial charge in [-0.1, -0.05) is 175 Å². The average Bonchev–Trinajstić information content (AvgIpc) is 3.18. The number of ether oxygens (including phenoxy) is 2. The molecule has 0 saturated carbocycles. The van der Waals surface area contributed by atoms with Gasteiger partial charge in [-0.15, -0.1) is 0 Å². The predicted octanol–water partition coefficient (Wildman–Crippen LogP) is 19.9. The number of carbonyl (C=O) groups is 1. The maximum Gasteiger partial charge on any atom is 0.306 e. The molecule has 72 heavy (non-hydrogen) atoms. The smallest absolute Gasteiger partial charge is 0.306 e. The van der Waals surface area contributed by atoms with E-state index < -0.39 is 53.8 Å². The van der Waals surface area contributed by atoms with Crippen molar-refractivity contribution in [3.63, 3.8) is 0 Å². The van der Waals surface area contributed by atoms with Gasteiger partial charge in [0.1, 0.15) is 34.9 Å². The van der Waals surface area contributed by atoms with Gasteiger partial charge in [-0.25, -0.2) is 0 Å². The summed E-state index contributed by atoms with van der Waals surface area (Å²) in [6.45, 7) is 59.1. The molecule has 0 aromatic heterocycles. The third kappa shape index (κ3) is 17.2. The van der Waals surface area contributed by atoms with Crippen molar-refractivity contribution >= 4 is 47.6 Å². The van der Waals surface area contributed by atoms with Crippen LogP contribution in [-0.4, -0.2) is 53.7 Å². The van der Waals surface area contributed by atoms with Crippen molar-refractivity contribution in [1.82, 2.24) is 0 Å². The second kappa shape index (κ2) is 24.0. The molecule has 0 N–H and O–H groups in total. The van der Waals surface area contributed by atoms with Crippen LogP contribution < -0.4 is 26.9 Å². The lowest BCUT2D eigenvalue weighted by Crippen LogP contribution is -2.47. The van der Waals surface area contributed by atoms with Gasteiger partial charge in [0.25, 0.3) is 25.0 Å². The second-order valence-electron chi connectivity index (χ2n) is 29.1. The SMILES string of the molecule is CCCCCCCCCCCCCC(=O)O[C@@H]1Cc2c(cc(O[Si](C)(C)C(C)(C)C)cc2O[Si](C)(C)C(C)(C)C)O[C@@H]1c1cc(O[Si](C)(C)C(C)(C)C)c(O[Si](C)(C)C(C)(C)C)c(O[Si](C)(C)C(C)(C)C)c1. The number of hydrogen-bond donors (Lipinski definition) is 0. The number of esters is 1. The van der Waals surface area contributed by atoms with Crippen LogP contribution in [0.15, 0.2) is 24.3 Å². The van der Waals surface area contributed by atoms with Crippen molar-refractivity contribution in [1.29, 1.82) is 0 Å². The van der Waals surface area contributed by atoms with Gasteiger partial charge < -0.3 is 31.6 Å². The zero-order valence-corrected chi connectivity index (χ0v) is 56.4. The fourth-order valence-corrected chi connectivity index (χ4v) is 12.4. The van der Waals surface area contributed by atoms with Crippen molar-refractivity contribution in [3.8, 4) is 34.5 Å². The molecule has 0 aliphatic carbocycles. The van der Waals surface area contributed by atoms with Crippen LogP contribution in [-0.2, 0) is 16.0 Å². The Morgan fingerprint density at radius 3 is 1.25 bits per heavy atom. The minimum Gasteiger partial charge on any atom is -0.543 e. The molecule has 1 aliphatic heterocycles. The molecular formula is C59H110O8Si5. The summed E-state index contributed by atoms with van der Waals surface area (Å²) in [7, 11) is -12.1. The van der Waals surface area contributed by atoms with Gasteiger partial charge in [0, 0.05) is 36.1 Å². The number of rotatable bonds is 24. The van der Waals surface area contributed by atoms with E-state index in [1.165, 1.54) is 51.4 Å². The highest BCUT2D eigenvalue weighted by Crippen LogP contribution is 2.53. The molecule has 414 valence electrons. The Morgan fingerprint density at radius 2 is 0.847 bits per heavy atom. The van der Waals surface area contributed by atoms with Crippen LogP contribution in [0, 0.1) is 0 Å². The molecular weight excluding hydrogens is 977 g/mol. The van der Waals surface area contributed by atoms with Gasteiger partial charge in [-0.3, -0.25) is 4.79 Å². The Hall–Kier alpha value is -2.21. The monoisotopic (exact) mass is 1090 g/mol. The molecule has 2 atom stereocenters. The van der Waals surface area contributed by atoms with Gasteiger partial charge >= 0.3 is 5.97 Å². The zero-order chi connectivity index (χ0) is 55.3. The normalized spacial score (nSPS) is 16.7. The Labute approximate surface area is 448 Å². The molecule has 2 aromatic carbocycles. The maximum atomic E-state index is 14.3. The summed E-state index contributed by atoms with van der Waals surface area (Å²) in [4.78, 5) is 14.3. The molecule has 0 amide bonds. The van der Waals surface area contributed by atoms with E-state index in [9.17, 15) is 4.79 Å². The fourth-order valence-electron chi connectivity index (χ4n) is 7.27. The summed E-state index contributed by atoms with van der Waals surface area (Å²) in [5, 5.41) is -0.401. The van der Waals surface area contributed by atoms with Crippen LogP contribution in [0.4, 0.5) is 0 Å². The van der Waals surface area contributed by atoms with E-state index in [-0.39, 0.29) is 31.2 Å². The predicted molar refractivity (Wildman–Crippen MR) is 320 cm³/mol. The highest BCUT2D eigenvalue weighted by Gasteiger charge is 2.48. The van der Waals surface area contributed by atoms with Crippen LogP contribution in [0.25, 0.3) is 0 Å². The molecule has 0 unspecified atom stereocenters. The first-order valence-corrected chi connectivity index (χ1v) is 42.7. The van der Waals surface area contributed by atoms with E-state index in [0.29, 0.717) is 35.8 Å². The van der Waals surface area contributed by atoms with Crippen molar-refractivity contribution < 1.29 is 36.4 Å². The van der Waals surface area contributed by atoms with Gasteiger partial charge in [0.05, 0.1) is 0 Å². The molecule has 3 rings (SSSR count). The van der Waals surface area contributed by atoms with Crippen molar-refractivity contribution in [2.24, 2.45) is 0 Å². The first kappa shape index (κ1) is 64.1. The first-order valence-electron chi connectivity index (χ1n) is 28.1. The third-order valence-electron chi connectivity index (χ3n) is 17.6. The van der Waals surface area contributed by atoms with E-state index >= 15 is 0 Å². The Bertz CT molecular complexity index is 2030. The lowest BCUT2D eigenvalue weighted by atomic mass is 9.93. The van der Waals surface area contributed by atoms with Gasteiger partial charge in [-0.05, 0) is 109 Å². The summed E-state index contributed by atoms with van der Waals surface area (Å²) in [6.07, 6.45) is 12.8. The number of unbranched alkanes of at least 4 members (excludes halogenated alkanes) is 10. The molecule has 8 nitrogen and oxygen atoms in total. The number of benzene rings is 2. The van der Waals surface area contributed by atoms with E-state index in [2.05, 4.69) is 201 Å². The molecule has 13 heteroatoms. The van der Waals surface area contributed by atoms with Crippen LogP contribution in [0.3, 0.4) is 0 Å². The molecule has 0 bridgehead atoms. The average molecular weight is 1090 g/mol. The Morgan fingerprint density at radius 1 is 0.486 bits per heavy atom. The number of hydrogen-bond acceptors (Lipinski definition) is 8. The molecule has 0 radical (unpaired) electrons. The molecule has 1 heterocycles. The zero-order valence-electron chi connectivity index (χ0n) is 51.4. The summed E-state index contributed by atoms with van der Waals surface area (Å²) in [5.41, 5.74) is 1.72. The van der Waals surface area contributed by atoms with Crippen molar-refractivity contribution in [2.45, 2.75) is 297 Å². The summed E-state index contributed by atoms with van der Waals surface area (Å²) >= 11 is 0. The van der Waals surface area contributed by atoms with Crippen LogP contribution in [0.5, 0.6) is 34.5 Å². The van der Waals surface area contributed by atoms with Gasteiger partial charge in [0.2, 0.25) is 16.6 Å². The van der Waals surface area contributed by atoms with Crippen LogP contribution >= 0.6 is 0 Å². The van der Waals surface area contributed by atoms with E-state index in [4.69, 9.17) is 31.6 Å². The van der Waals surface area contributed by atoms with E-state index in [1.54, 1.807) is 0 Å². The first-order chi connectivity index (χ1) is 32.5. The molecule has 0 fully saturated rings. The quantitative estimate of drug-likeness (QED) is 0.0584. The highest BCUT2D eigenvalue weighted by atomic mass is 28.4. The largest absolute Gasteiger partial charge is 0.543 e. The fraction of sp³-hybridized carbons (Fsp3) is 0.780. The standard InChI is InChI=1S/C59H110O8Si5/c1-27-28-29-30-31-32-33-34-35-36-37-38-52(60)61-49-43-46-47(41-45(63-68(17,18)55(2,3)4)42-48(46)64-69(19,20)56(5,6)7)62-53(49)44-39-50(65-70(21,22)57(8,9)10)54(67-72(25,26)59(14,15)16)51(40-44)66-71(23,24)58(11,12)13/h39-42,49,53H,27-38,43H2,1-26H3/t49-,53-/m1/s1. The van der Waals surface area contributed by atoms with E-state index in [0.717, 1.165) is 41.9 Å². The molecule has 1 aliphatic rings. The van der Waals surface area contributed by atoms with Crippen molar-refractivity contribution in [3.05, 3.63) is 35.4 Å².